The number of hydrogen-bond donors (Lipinski definition) is 1. The van der Waals surface area contributed by atoms with Crippen LogP contribution in [0, 0.1) is 5.82 Å². The molecule has 0 aliphatic carbocycles. The van der Waals surface area contributed by atoms with Crippen LogP contribution >= 0.6 is 0 Å². The van der Waals surface area contributed by atoms with Gasteiger partial charge in [0, 0.05) is 12.7 Å². The average Bonchev–Trinajstić information content (AvgIpc) is 3.04. The van der Waals surface area contributed by atoms with E-state index in [1.165, 1.54) is 27.9 Å². The second kappa shape index (κ2) is 6.17. The van der Waals surface area contributed by atoms with E-state index in [0.29, 0.717) is 0 Å². The summed E-state index contributed by atoms with van der Waals surface area (Å²) >= 11 is 0. The normalized spacial score (nSPS) is 18.0. The van der Waals surface area contributed by atoms with Gasteiger partial charge < -0.3 is 14.7 Å². The van der Waals surface area contributed by atoms with Crippen LogP contribution in [0.15, 0.2) is 36.5 Å². The molecule has 1 amide bonds. The topological polar surface area (TPSA) is 84.7 Å². The van der Waals surface area contributed by atoms with Crippen LogP contribution in [0.5, 0.6) is 0 Å². The maximum Gasteiger partial charge on any atom is 0.334 e. The molecular formula is C15H14FN3O4. The van der Waals surface area contributed by atoms with Gasteiger partial charge in [-0.05, 0) is 18.2 Å². The second-order valence-electron chi connectivity index (χ2n) is 5.05. The van der Waals surface area contributed by atoms with Crippen LogP contribution in [0.1, 0.15) is 10.5 Å². The number of rotatable bonds is 3. The van der Waals surface area contributed by atoms with Crippen LogP contribution in [-0.4, -0.2) is 57.5 Å². The van der Waals surface area contributed by atoms with Gasteiger partial charge in [0.25, 0.3) is 5.91 Å². The number of carbonyl (C=O) groups is 2. The average molecular weight is 319 g/mol. The summed E-state index contributed by atoms with van der Waals surface area (Å²) in [5.74, 6) is -1.97. The molecule has 1 fully saturated rings. The molecule has 1 aliphatic rings. The molecule has 0 unspecified atom stereocenters. The molecule has 2 heterocycles. The largest absolute Gasteiger partial charge is 0.479 e. The van der Waals surface area contributed by atoms with Crippen LogP contribution < -0.4 is 0 Å². The van der Waals surface area contributed by atoms with Crippen molar-refractivity contribution in [2.45, 2.75) is 6.10 Å². The van der Waals surface area contributed by atoms with E-state index in [-0.39, 0.29) is 31.1 Å². The number of hydrogen-bond acceptors (Lipinski definition) is 4. The van der Waals surface area contributed by atoms with Gasteiger partial charge in [0.05, 0.1) is 13.2 Å². The van der Waals surface area contributed by atoms with E-state index in [0.717, 1.165) is 0 Å². The second-order valence-corrected chi connectivity index (χ2v) is 5.05. The van der Waals surface area contributed by atoms with Gasteiger partial charge in [-0.15, -0.1) is 0 Å². The molecule has 1 saturated heterocycles. The molecular weight excluding hydrogens is 305 g/mol. The molecule has 23 heavy (non-hydrogen) atoms. The van der Waals surface area contributed by atoms with Crippen molar-refractivity contribution < 1.29 is 23.8 Å². The zero-order valence-electron chi connectivity index (χ0n) is 12.1. The van der Waals surface area contributed by atoms with E-state index < -0.39 is 23.8 Å². The number of aliphatic carboxylic acids is 1. The summed E-state index contributed by atoms with van der Waals surface area (Å²) in [6, 6.07) is 7.55. The quantitative estimate of drug-likeness (QED) is 0.910. The standard InChI is InChI=1S/C15H14FN3O4/c16-10-3-1-2-4-12(10)19-6-5-11(17-19)14(20)18-7-8-23-13(9-18)15(21)22/h1-6,13H,7-9H2,(H,21,22)/t13-/m0/s1. The lowest BCUT2D eigenvalue weighted by atomic mass is 10.2. The predicted molar refractivity (Wildman–Crippen MR) is 76.8 cm³/mol. The summed E-state index contributed by atoms with van der Waals surface area (Å²) in [5.41, 5.74) is 0.358. The molecule has 0 saturated carbocycles. The van der Waals surface area contributed by atoms with Crippen molar-refractivity contribution in [1.82, 2.24) is 14.7 Å². The molecule has 2 aromatic rings. The molecule has 0 spiro atoms. The Balaban J connectivity index is 1.79. The molecule has 1 aromatic heterocycles. The maximum atomic E-state index is 13.7. The fourth-order valence-electron chi connectivity index (χ4n) is 2.35. The van der Waals surface area contributed by atoms with Crippen molar-refractivity contribution >= 4 is 11.9 Å². The smallest absolute Gasteiger partial charge is 0.334 e. The number of carbonyl (C=O) groups excluding carboxylic acids is 1. The van der Waals surface area contributed by atoms with Crippen LogP contribution in [0.25, 0.3) is 5.69 Å². The van der Waals surface area contributed by atoms with Crippen molar-refractivity contribution in [2.75, 3.05) is 19.7 Å². The van der Waals surface area contributed by atoms with Gasteiger partial charge in [0.1, 0.15) is 11.5 Å². The first-order chi connectivity index (χ1) is 11.1. The first-order valence-electron chi connectivity index (χ1n) is 7.00. The van der Waals surface area contributed by atoms with Crippen LogP contribution in [0.2, 0.25) is 0 Å². The summed E-state index contributed by atoms with van der Waals surface area (Å²) < 4.78 is 20.1. The maximum absolute atomic E-state index is 13.7. The van der Waals surface area contributed by atoms with Crippen LogP contribution in [0.3, 0.4) is 0 Å². The first-order valence-corrected chi connectivity index (χ1v) is 7.00. The highest BCUT2D eigenvalue weighted by Crippen LogP contribution is 2.14. The van der Waals surface area contributed by atoms with E-state index >= 15 is 0 Å². The van der Waals surface area contributed by atoms with E-state index in [4.69, 9.17) is 9.84 Å². The zero-order chi connectivity index (χ0) is 16.4. The monoisotopic (exact) mass is 319 g/mol. The highest BCUT2D eigenvalue weighted by atomic mass is 19.1. The summed E-state index contributed by atoms with van der Waals surface area (Å²) in [4.78, 5) is 24.7. The van der Waals surface area contributed by atoms with Gasteiger partial charge >= 0.3 is 5.97 Å². The van der Waals surface area contributed by atoms with Gasteiger partial charge in [-0.3, -0.25) is 4.79 Å². The molecule has 0 radical (unpaired) electrons. The van der Waals surface area contributed by atoms with Crippen molar-refractivity contribution in [2.24, 2.45) is 0 Å². The first kappa shape index (κ1) is 15.2. The van der Waals surface area contributed by atoms with Gasteiger partial charge in [-0.2, -0.15) is 5.10 Å². The Morgan fingerprint density at radius 3 is 2.83 bits per heavy atom. The fourth-order valence-corrected chi connectivity index (χ4v) is 2.35. The third-order valence-electron chi connectivity index (χ3n) is 3.54. The molecule has 3 rings (SSSR count). The van der Waals surface area contributed by atoms with Gasteiger partial charge in [0.2, 0.25) is 0 Å². The van der Waals surface area contributed by atoms with E-state index in [9.17, 15) is 14.0 Å². The Morgan fingerprint density at radius 2 is 2.09 bits per heavy atom. The van der Waals surface area contributed by atoms with E-state index in [2.05, 4.69) is 5.10 Å². The van der Waals surface area contributed by atoms with E-state index in [1.54, 1.807) is 18.2 Å². The third kappa shape index (κ3) is 3.07. The van der Waals surface area contributed by atoms with Crippen LogP contribution in [0.4, 0.5) is 4.39 Å². The Kier molecular flexibility index (Phi) is 4.07. The molecule has 1 aliphatic heterocycles. The molecule has 1 aromatic carbocycles. The summed E-state index contributed by atoms with van der Waals surface area (Å²) in [6.07, 6.45) is 0.446. The molecule has 120 valence electrons. The lowest BCUT2D eigenvalue weighted by molar-refractivity contribution is -0.154. The number of carboxylic acids is 1. The van der Waals surface area contributed by atoms with Crippen LogP contribution in [-0.2, 0) is 9.53 Å². The Morgan fingerprint density at radius 1 is 1.30 bits per heavy atom. The molecule has 8 heteroatoms. The molecule has 0 bridgehead atoms. The minimum atomic E-state index is -1.11. The van der Waals surface area contributed by atoms with Crippen molar-refractivity contribution in [3.05, 3.63) is 48.0 Å². The number of para-hydroxylation sites is 1. The lowest BCUT2D eigenvalue weighted by Crippen LogP contribution is -2.48. The molecule has 1 N–H and O–H groups in total. The summed E-state index contributed by atoms with van der Waals surface area (Å²) in [5, 5.41) is 13.1. The molecule has 1 atom stereocenters. The van der Waals surface area contributed by atoms with Crippen molar-refractivity contribution in [3.63, 3.8) is 0 Å². The summed E-state index contributed by atoms with van der Waals surface area (Å²) in [7, 11) is 0. The Bertz CT molecular complexity index is 746. The number of halogens is 1. The molecule has 7 nitrogen and oxygen atoms in total. The number of carboxylic acid groups (broad SMARTS) is 1. The zero-order valence-corrected chi connectivity index (χ0v) is 12.1. The SMILES string of the molecule is O=C(O)[C@@H]1CN(C(=O)c2ccn(-c3ccccc3F)n2)CCO1. The van der Waals surface area contributed by atoms with Gasteiger partial charge in [-0.25, -0.2) is 13.9 Å². The Hall–Kier alpha value is -2.74. The Labute approximate surface area is 130 Å². The number of benzene rings is 1. The highest BCUT2D eigenvalue weighted by Gasteiger charge is 2.30. The van der Waals surface area contributed by atoms with Crippen molar-refractivity contribution in [3.8, 4) is 5.69 Å². The van der Waals surface area contributed by atoms with Gasteiger partial charge in [-0.1, -0.05) is 12.1 Å². The number of amides is 1. The lowest BCUT2D eigenvalue weighted by Gasteiger charge is -2.30. The number of aromatic nitrogens is 2. The minimum absolute atomic E-state index is 0.0409. The fraction of sp³-hybridized carbons (Fsp3) is 0.267. The summed E-state index contributed by atoms with van der Waals surface area (Å²) in [6.45, 7) is 0.395. The van der Waals surface area contributed by atoms with Gasteiger partial charge in [0.15, 0.2) is 11.8 Å². The highest BCUT2D eigenvalue weighted by molar-refractivity contribution is 5.92. The predicted octanol–water partition coefficient (Wildman–Crippen LogP) is 0.937. The minimum Gasteiger partial charge on any atom is -0.479 e. The number of morpholine rings is 1. The number of ether oxygens (including phenoxy) is 1. The number of nitrogens with zero attached hydrogens (tertiary/aromatic N) is 3. The third-order valence-corrected chi connectivity index (χ3v) is 3.54. The van der Waals surface area contributed by atoms with Crippen molar-refractivity contribution in [1.29, 1.82) is 0 Å². The van der Waals surface area contributed by atoms with E-state index in [1.807, 2.05) is 0 Å².